The summed E-state index contributed by atoms with van der Waals surface area (Å²) in [6.45, 7) is 12.1. The van der Waals surface area contributed by atoms with E-state index in [1.165, 1.54) is 0 Å². The van der Waals surface area contributed by atoms with Crippen molar-refractivity contribution in [3.8, 4) is 22.8 Å². The average molecular weight is 415 g/mol. The number of hydrogen-bond donors (Lipinski definition) is 2. The first-order valence-electron chi connectivity index (χ1n) is 10.1. The number of aromatic hydroxyl groups is 1. The molecule has 2 N–H and O–H groups in total. The number of nitrogens with one attached hydrogen (secondary N) is 1. The molecule has 4 rings (SSSR count). The standard InChI is InChI=1S/C25H25N3O3/c1-5-10-28-24(17-8-7-9-18(14-17)31-11-6-2)21-22(26-27-23(21)25(28)30)20-16(4)12-15(3)13-19(20)29/h5-9,12-14,24,29H,1-2,10-11H2,3-4H3,(H,26,27). The Hall–Kier alpha value is -3.80. The van der Waals surface area contributed by atoms with E-state index in [9.17, 15) is 9.90 Å². The number of hydrogen-bond acceptors (Lipinski definition) is 4. The second-order valence-corrected chi connectivity index (χ2v) is 7.66. The van der Waals surface area contributed by atoms with Gasteiger partial charge in [0.25, 0.3) is 5.91 Å². The second-order valence-electron chi connectivity index (χ2n) is 7.66. The first kappa shape index (κ1) is 20.5. The number of aryl methyl sites for hydroxylation is 2. The summed E-state index contributed by atoms with van der Waals surface area (Å²) in [7, 11) is 0. The summed E-state index contributed by atoms with van der Waals surface area (Å²) in [5, 5.41) is 18.1. The predicted octanol–water partition coefficient (Wildman–Crippen LogP) is 4.70. The van der Waals surface area contributed by atoms with Crippen LogP contribution in [0.15, 0.2) is 61.7 Å². The van der Waals surface area contributed by atoms with Gasteiger partial charge in [-0.1, -0.05) is 36.9 Å². The fraction of sp³-hybridized carbons (Fsp3) is 0.200. The molecule has 0 bridgehead atoms. The number of aromatic nitrogens is 2. The van der Waals surface area contributed by atoms with Crippen LogP contribution in [0.4, 0.5) is 0 Å². The molecule has 31 heavy (non-hydrogen) atoms. The molecule has 1 aliphatic heterocycles. The molecule has 0 saturated heterocycles. The van der Waals surface area contributed by atoms with Gasteiger partial charge in [0.05, 0.1) is 6.04 Å². The number of ether oxygens (including phenoxy) is 1. The summed E-state index contributed by atoms with van der Waals surface area (Å²) in [5.74, 6) is 0.680. The van der Waals surface area contributed by atoms with Gasteiger partial charge in [0.2, 0.25) is 0 Å². The molecule has 1 amide bonds. The molecule has 6 heteroatoms. The molecule has 6 nitrogen and oxygen atoms in total. The van der Waals surface area contributed by atoms with Crippen LogP contribution in [0.2, 0.25) is 0 Å². The van der Waals surface area contributed by atoms with Gasteiger partial charge in [-0.3, -0.25) is 9.89 Å². The van der Waals surface area contributed by atoms with Crippen LogP contribution in [-0.2, 0) is 0 Å². The predicted molar refractivity (Wildman–Crippen MR) is 120 cm³/mol. The van der Waals surface area contributed by atoms with E-state index >= 15 is 0 Å². The first-order valence-corrected chi connectivity index (χ1v) is 10.1. The SMILES string of the molecule is C=CCOc1cccc(C2c3c(-c4c(C)cc(C)cc4O)n[nH]c3C(=O)N2CC=C)c1. The molecule has 0 spiro atoms. The van der Waals surface area contributed by atoms with E-state index in [0.717, 1.165) is 22.3 Å². The maximum Gasteiger partial charge on any atom is 0.273 e. The van der Waals surface area contributed by atoms with Crippen LogP contribution >= 0.6 is 0 Å². The van der Waals surface area contributed by atoms with Crippen molar-refractivity contribution < 1.29 is 14.6 Å². The summed E-state index contributed by atoms with van der Waals surface area (Å²) in [6.07, 6.45) is 3.39. The fourth-order valence-corrected chi connectivity index (χ4v) is 4.24. The monoisotopic (exact) mass is 415 g/mol. The van der Waals surface area contributed by atoms with Crippen molar-refractivity contribution in [2.45, 2.75) is 19.9 Å². The highest BCUT2D eigenvalue weighted by Crippen LogP contribution is 2.45. The minimum atomic E-state index is -0.387. The number of carbonyl (C=O) groups is 1. The molecule has 1 unspecified atom stereocenters. The average Bonchev–Trinajstić information content (AvgIpc) is 3.26. The van der Waals surface area contributed by atoms with Gasteiger partial charge in [-0.15, -0.1) is 6.58 Å². The maximum absolute atomic E-state index is 13.2. The van der Waals surface area contributed by atoms with Gasteiger partial charge in [-0.25, -0.2) is 0 Å². The first-order chi connectivity index (χ1) is 15.0. The van der Waals surface area contributed by atoms with Gasteiger partial charge in [0.15, 0.2) is 0 Å². The second kappa shape index (κ2) is 8.14. The van der Waals surface area contributed by atoms with Crippen molar-refractivity contribution in [2.75, 3.05) is 13.2 Å². The van der Waals surface area contributed by atoms with Crippen LogP contribution in [0.25, 0.3) is 11.3 Å². The normalized spacial score (nSPS) is 15.1. The van der Waals surface area contributed by atoms with Gasteiger partial charge in [0.1, 0.15) is 29.5 Å². The Labute approximate surface area is 181 Å². The minimum absolute atomic E-state index is 0.142. The molecule has 1 aliphatic rings. The van der Waals surface area contributed by atoms with E-state index in [1.807, 2.05) is 44.2 Å². The Morgan fingerprint density at radius 3 is 2.74 bits per heavy atom. The molecule has 1 atom stereocenters. The molecule has 2 aromatic carbocycles. The zero-order chi connectivity index (χ0) is 22.1. The lowest BCUT2D eigenvalue weighted by molar-refractivity contribution is 0.0764. The number of phenols is 1. The number of amides is 1. The molecule has 3 aromatic rings. The Morgan fingerprint density at radius 2 is 2.03 bits per heavy atom. The zero-order valence-electron chi connectivity index (χ0n) is 17.7. The quantitative estimate of drug-likeness (QED) is 0.549. The summed E-state index contributed by atoms with van der Waals surface area (Å²) >= 11 is 0. The van der Waals surface area contributed by atoms with Crippen molar-refractivity contribution >= 4 is 5.91 Å². The van der Waals surface area contributed by atoms with Crippen molar-refractivity contribution in [3.05, 3.63) is 89.7 Å². The van der Waals surface area contributed by atoms with Crippen LogP contribution in [0.5, 0.6) is 11.5 Å². The minimum Gasteiger partial charge on any atom is -0.507 e. The fourth-order valence-electron chi connectivity index (χ4n) is 4.24. The summed E-state index contributed by atoms with van der Waals surface area (Å²) < 4.78 is 5.71. The molecular formula is C25H25N3O3. The lowest BCUT2D eigenvalue weighted by Gasteiger charge is -2.25. The number of aromatic amines is 1. The highest BCUT2D eigenvalue weighted by Gasteiger charge is 2.42. The van der Waals surface area contributed by atoms with Gasteiger partial charge in [0, 0.05) is 17.7 Å². The summed E-state index contributed by atoms with van der Waals surface area (Å²) in [4.78, 5) is 14.9. The number of carbonyl (C=O) groups excluding carboxylic acids is 1. The number of H-pyrrole nitrogens is 1. The van der Waals surface area contributed by atoms with Gasteiger partial charge in [-0.2, -0.15) is 5.10 Å². The lowest BCUT2D eigenvalue weighted by Crippen LogP contribution is -2.29. The van der Waals surface area contributed by atoms with E-state index in [2.05, 4.69) is 23.4 Å². The number of rotatable bonds is 7. The van der Waals surface area contributed by atoms with Crippen molar-refractivity contribution in [3.63, 3.8) is 0 Å². The number of nitrogens with zero attached hydrogens (tertiary/aromatic N) is 2. The van der Waals surface area contributed by atoms with Gasteiger partial charge in [-0.05, 0) is 48.7 Å². The topological polar surface area (TPSA) is 78.5 Å². The van der Waals surface area contributed by atoms with Crippen LogP contribution < -0.4 is 4.74 Å². The third-order valence-electron chi connectivity index (χ3n) is 5.43. The molecule has 158 valence electrons. The Balaban J connectivity index is 1.90. The highest BCUT2D eigenvalue weighted by molar-refractivity contribution is 6.00. The summed E-state index contributed by atoms with van der Waals surface area (Å²) in [6, 6.07) is 11.0. The van der Waals surface area contributed by atoms with Crippen molar-refractivity contribution in [2.24, 2.45) is 0 Å². The third kappa shape index (κ3) is 3.50. The lowest BCUT2D eigenvalue weighted by atomic mass is 9.93. The van der Waals surface area contributed by atoms with E-state index in [1.54, 1.807) is 23.1 Å². The van der Waals surface area contributed by atoms with Gasteiger partial charge < -0.3 is 14.7 Å². The van der Waals surface area contributed by atoms with Gasteiger partial charge >= 0.3 is 0 Å². The molecule has 1 aromatic heterocycles. The molecular weight excluding hydrogens is 390 g/mol. The maximum atomic E-state index is 13.2. The number of fused-ring (bicyclic) bond motifs is 1. The van der Waals surface area contributed by atoms with E-state index in [4.69, 9.17) is 4.74 Å². The Bertz CT molecular complexity index is 1160. The zero-order valence-corrected chi connectivity index (χ0v) is 17.7. The smallest absolute Gasteiger partial charge is 0.273 e. The van der Waals surface area contributed by atoms with Crippen LogP contribution in [0.3, 0.4) is 0 Å². The number of benzene rings is 2. The van der Waals surface area contributed by atoms with Crippen molar-refractivity contribution in [1.82, 2.24) is 15.1 Å². The molecule has 0 saturated carbocycles. The molecule has 0 aliphatic carbocycles. The van der Waals surface area contributed by atoms with Crippen LogP contribution in [-0.4, -0.2) is 39.3 Å². The largest absolute Gasteiger partial charge is 0.507 e. The Kier molecular flexibility index (Phi) is 5.38. The van der Waals surface area contributed by atoms with E-state index < -0.39 is 0 Å². The number of phenolic OH excluding ortho intramolecular Hbond substituents is 1. The third-order valence-corrected chi connectivity index (χ3v) is 5.43. The van der Waals surface area contributed by atoms with E-state index in [-0.39, 0.29) is 17.7 Å². The van der Waals surface area contributed by atoms with Crippen LogP contribution in [0, 0.1) is 13.8 Å². The molecule has 0 fully saturated rings. The molecule has 0 radical (unpaired) electrons. The van der Waals surface area contributed by atoms with Crippen molar-refractivity contribution in [1.29, 1.82) is 0 Å². The summed E-state index contributed by atoms with van der Waals surface area (Å²) in [5.41, 5.74) is 5.12. The molecule has 2 heterocycles. The van der Waals surface area contributed by atoms with E-state index in [0.29, 0.717) is 35.9 Å². The highest BCUT2D eigenvalue weighted by atomic mass is 16.5. The Morgan fingerprint density at radius 1 is 1.23 bits per heavy atom. The van der Waals surface area contributed by atoms with Crippen LogP contribution in [0.1, 0.15) is 38.8 Å².